The summed E-state index contributed by atoms with van der Waals surface area (Å²) >= 11 is 0. The first-order valence-electron chi connectivity index (χ1n) is 8.24. The highest BCUT2D eigenvalue weighted by Gasteiger charge is 2.38. The number of ether oxygens (including phenoxy) is 1. The Balaban J connectivity index is 2.14. The number of benzene rings is 2. The maximum absolute atomic E-state index is 5.87. The third-order valence-corrected chi connectivity index (χ3v) is 5.51. The molecule has 2 aromatic carbocycles. The number of nitrogen functional groups attached to an aromatic ring is 1. The quantitative estimate of drug-likeness (QED) is 0.678. The molecule has 0 aliphatic heterocycles. The molecule has 1 atom stereocenters. The van der Waals surface area contributed by atoms with Gasteiger partial charge in [-0.1, -0.05) is 53.7 Å². The molecule has 2 N–H and O–H groups in total. The Labute approximate surface area is 140 Å². The van der Waals surface area contributed by atoms with Crippen LogP contribution >= 0.6 is 0 Å². The molecule has 2 nitrogen and oxygen atoms in total. The van der Waals surface area contributed by atoms with E-state index in [0.717, 1.165) is 17.2 Å². The molecule has 0 fully saturated rings. The van der Waals surface area contributed by atoms with Gasteiger partial charge >= 0.3 is 0 Å². The van der Waals surface area contributed by atoms with Crippen molar-refractivity contribution in [2.45, 2.75) is 47.5 Å². The summed E-state index contributed by atoms with van der Waals surface area (Å²) in [7, 11) is 0. The van der Waals surface area contributed by atoms with Crippen molar-refractivity contribution in [3.8, 4) is 11.5 Å². The topological polar surface area (TPSA) is 35.2 Å². The summed E-state index contributed by atoms with van der Waals surface area (Å²) in [6, 6.07) is 15.9. The van der Waals surface area contributed by atoms with E-state index in [1.807, 2.05) is 36.4 Å². The van der Waals surface area contributed by atoms with E-state index in [2.05, 4.69) is 53.7 Å². The first kappa shape index (κ1) is 17.4. The van der Waals surface area contributed by atoms with Crippen LogP contribution in [0.25, 0.3) is 0 Å². The van der Waals surface area contributed by atoms with Crippen molar-refractivity contribution in [2.75, 3.05) is 5.73 Å². The Morgan fingerprint density at radius 3 is 1.65 bits per heavy atom. The van der Waals surface area contributed by atoms with Gasteiger partial charge in [-0.05, 0) is 58.7 Å². The van der Waals surface area contributed by atoms with Gasteiger partial charge in [-0.2, -0.15) is 0 Å². The van der Waals surface area contributed by atoms with E-state index in [1.54, 1.807) is 0 Å². The highest BCUT2D eigenvalue weighted by Crippen LogP contribution is 2.48. The zero-order chi connectivity index (χ0) is 17.3. The predicted molar refractivity (Wildman–Crippen MR) is 99.0 cm³/mol. The lowest BCUT2D eigenvalue weighted by molar-refractivity contribution is 0.101. The Bertz CT molecular complexity index is 633. The molecule has 2 rings (SSSR count). The summed E-state index contributed by atoms with van der Waals surface area (Å²) in [5, 5.41) is 0. The van der Waals surface area contributed by atoms with Gasteiger partial charge in [0.05, 0.1) is 0 Å². The molecule has 0 bridgehead atoms. The fourth-order valence-electron chi connectivity index (χ4n) is 2.56. The van der Waals surface area contributed by atoms with Crippen molar-refractivity contribution in [1.29, 1.82) is 0 Å². The van der Waals surface area contributed by atoms with Crippen LogP contribution in [0.1, 0.15) is 53.0 Å². The molecular formula is C21H29NO. The van der Waals surface area contributed by atoms with Crippen LogP contribution < -0.4 is 10.5 Å². The average molecular weight is 311 g/mol. The first-order chi connectivity index (χ1) is 10.6. The average Bonchev–Trinajstić information content (AvgIpc) is 2.48. The van der Waals surface area contributed by atoms with E-state index >= 15 is 0 Å². The fourth-order valence-corrected chi connectivity index (χ4v) is 2.56. The van der Waals surface area contributed by atoms with E-state index in [-0.39, 0.29) is 10.8 Å². The Kier molecular flexibility index (Phi) is 4.74. The normalized spacial score (nSPS) is 13.7. The van der Waals surface area contributed by atoms with Gasteiger partial charge in [0.2, 0.25) is 0 Å². The molecular weight excluding hydrogens is 282 g/mol. The zero-order valence-electron chi connectivity index (χ0n) is 15.2. The standard InChI is InChI=1S/C21H29NO/c1-15(21(5,6)20(2,3)4)16-7-11-18(12-8-16)23-19-13-9-17(22)10-14-19/h7-15H,22H2,1-6H3. The molecule has 2 heteroatoms. The van der Waals surface area contributed by atoms with Gasteiger partial charge in [-0.25, -0.2) is 0 Å². The number of hydrogen-bond acceptors (Lipinski definition) is 2. The molecule has 0 aliphatic carbocycles. The largest absolute Gasteiger partial charge is 0.457 e. The monoisotopic (exact) mass is 311 g/mol. The minimum absolute atomic E-state index is 0.201. The first-order valence-corrected chi connectivity index (χ1v) is 8.24. The molecule has 0 radical (unpaired) electrons. The van der Waals surface area contributed by atoms with Crippen LogP contribution in [0.5, 0.6) is 11.5 Å². The molecule has 0 aliphatic rings. The SMILES string of the molecule is CC(c1ccc(Oc2ccc(N)cc2)cc1)C(C)(C)C(C)(C)C. The number of rotatable bonds is 4. The minimum Gasteiger partial charge on any atom is -0.457 e. The molecule has 1 unspecified atom stereocenters. The van der Waals surface area contributed by atoms with Gasteiger partial charge in [-0.3, -0.25) is 0 Å². The Morgan fingerprint density at radius 2 is 1.22 bits per heavy atom. The van der Waals surface area contributed by atoms with Crippen molar-refractivity contribution < 1.29 is 4.74 Å². The molecule has 23 heavy (non-hydrogen) atoms. The molecule has 0 saturated carbocycles. The number of anilines is 1. The molecule has 124 valence electrons. The summed E-state index contributed by atoms with van der Waals surface area (Å²) in [6.07, 6.45) is 0. The van der Waals surface area contributed by atoms with Gasteiger partial charge in [0.1, 0.15) is 11.5 Å². The van der Waals surface area contributed by atoms with Crippen molar-refractivity contribution in [3.63, 3.8) is 0 Å². The summed E-state index contributed by atoms with van der Waals surface area (Å²) < 4.78 is 5.87. The van der Waals surface area contributed by atoms with Crippen LogP contribution in [-0.4, -0.2) is 0 Å². The van der Waals surface area contributed by atoms with Crippen molar-refractivity contribution in [2.24, 2.45) is 10.8 Å². The van der Waals surface area contributed by atoms with E-state index in [0.29, 0.717) is 5.92 Å². The van der Waals surface area contributed by atoms with Crippen LogP contribution in [0, 0.1) is 10.8 Å². The molecule has 0 amide bonds. The summed E-state index contributed by atoms with van der Waals surface area (Å²) in [5.74, 6) is 2.11. The summed E-state index contributed by atoms with van der Waals surface area (Å²) in [5.41, 5.74) is 8.22. The van der Waals surface area contributed by atoms with Crippen molar-refractivity contribution in [1.82, 2.24) is 0 Å². The van der Waals surface area contributed by atoms with E-state index in [4.69, 9.17) is 10.5 Å². The second kappa shape index (κ2) is 6.27. The lowest BCUT2D eigenvalue weighted by atomic mass is 9.61. The number of nitrogens with two attached hydrogens (primary N) is 1. The molecule has 0 heterocycles. The fraction of sp³-hybridized carbons (Fsp3) is 0.429. The molecule has 2 aromatic rings. The molecule has 0 spiro atoms. The smallest absolute Gasteiger partial charge is 0.127 e. The van der Waals surface area contributed by atoms with Gasteiger partial charge in [0.25, 0.3) is 0 Å². The zero-order valence-corrected chi connectivity index (χ0v) is 15.2. The van der Waals surface area contributed by atoms with E-state index in [9.17, 15) is 0 Å². The lowest BCUT2D eigenvalue weighted by Crippen LogP contribution is -2.34. The minimum atomic E-state index is 0.201. The van der Waals surface area contributed by atoms with Crippen LogP contribution in [-0.2, 0) is 0 Å². The maximum atomic E-state index is 5.87. The maximum Gasteiger partial charge on any atom is 0.127 e. The highest BCUT2D eigenvalue weighted by molar-refractivity contribution is 5.43. The van der Waals surface area contributed by atoms with Crippen LogP contribution in [0.2, 0.25) is 0 Å². The second-order valence-electron chi connectivity index (χ2n) is 7.93. The van der Waals surface area contributed by atoms with E-state index < -0.39 is 0 Å². The van der Waals surface area contributed by atoms with Gasteiger partial charge in [0, 0.05) is 5.69 Å². The lowest BCUT2D eigenvalue weighted by Gasteiger charge is -2.44. The van der Waals surface area contributed by atoms with Gasteiger partial charge < -0.3 is 10.5 Å². The van der Waals surface area contributed by atoms with E-state index in [1.165, 1.54) is 5.56 Å². The Morgan fingerprint density at radius 1 is 0.783 bits per heavy atom. The van der Waals surface area contributed by atoms with Crippen molar-refractivity contribution >= 4 is 5.69 Å². The second-order valence-corrected chi connectivity index (χ2v) is 7.93. The van der Waals surface area contributed by atoms with Gasteiger partial charge in [-0.15, -0.1) is 0 Å². The van der Waals surface area contributed by atoms with Crippen LogP contribution in [0.15, 0.2) is 48.5 Å². The van der Waals surface area contributed by atoms with Gasteiger partial charge in [0.15, 0.2) is 0 Å². The summed E-state index contributed by atoms with van der Waals surface area (Å²) in [6.45, 7) is 13.9. The van der Waals surface area contributed by atoms with Crippen molar-refractivity contribution in [3.05, 3.63) is 54.1 Å². The predicted octanol–water partition coefficient (Wildman–Crippen LogP) is 6.24. The van der Waals surface area contributed by atoms with Crippen LogP contribution in [0.4, 0.5) is 5.69 Å². The molecule has 0 saturated heterocycles. The van der Waals surface area contributed by atoms with Crippen LogP contribution in [0.3, 0.4) is 0 Å². The third-order valence-electron chi connectivity index (χ3n) is 5.51. The Hall–Kier alpha value is -1.96. The molecule has 0 aromatic heterocycles. The highest BCUT2D eigenvalue weighted by atomic mass is 16.5. The third kappa shape index (κ3) is 3.87. The summed E-state index contributed by atoms with van der Waals surface area (Å²) in [4.78, 5) is 0. The number of hydrogen-bond donors (Lipinski definition) is 1.